The number of hydrogen-bond acceptors (Lipinski definition) is 3. The fraction of sp³-hybridized carbons (Fsp3) is 0.533. The fourth-order valence-corrected chi connectivity index (χ4v) is 3.71. The minimum absolute atomic E-state index is 0.676. The van der Waals surface area contributed by atoms with Gasteiger partial charge in [-0.1, -0.05) is 25.8 Å². The molecule has 2 unspecified atom stereocenters. The van der Waals surface area contributed by atoms with Crippen LogP contribution in [0.3, 0.4) is 0 Å². The highest BCUT2D eigenvalue weighted by Gasteiger charge is 2.19. The molecular weight excluding hydrogens is 254 g/mol. The molecule has 0 bridgehead atoms. The van der Waals surface area contributed by atoms with E-state index in [1.807, 2.05) is 6.20 Å². The Bertz CT molecular complexity index is 503. The largest absolute Gasteiger partial charge is 0.310 e. The molecule has 2 heterocycles. The molecule has 1 saturated carbocycles. The van der Waals surface area contributed by atoms with Crippen LogP contribution in [0.2, 0.25) is 0 Å². The highest BCUT2D eigenvalue weighted by atomic mass is 32.1. The summed E-state index contributed by atoms with van der Waals surface area (Å²) in [7, 11) is 0. The summed E-state index contributed by atoms with van der Waals surface area (Å²) in [5.74, 6) is 0.868. The van der Waals surface area contributed by atoms with Gasteiger partial charge in [-0.3, -0.25) is 5.10 Å². The molecule has 2 aromatic rings. The van der Waals surface area contributed by atoms with Crippen LogP contribution in [0, 0.1) is 5.92 Å². The van der Waals surface area contributed by atoms with Gasteiger partial charge in [-0.15, -0.1) is 11.3 Å². The van der Waals surface area contributed by atoms with E-state index in [0.29, 0.717) is 6.04 Å². The highest BCUT2D eigenvalue weighted by Crippen LogP contribution is 2.27. The predicted octanol–water partition coefficient (Wildman–Crippen LogP) is 3.81. The van der Waals surface area contributed by atoms with Crippen molar-refractivity contribution in [1.29, 1.82) is 0 Å². The number of aromatic amines is 1. The number of thiophene rings is 1. The van der Waals surface area contributed by atoms with E-state index in [4.69, 9.17) is 0 Å². The minimum Gasteiger partial charge on any atom is -0.310 e. The standard InChI is InChI=1S/C15H21N3S/c1-11-4-2-5-13(8-11)16-9-12-10-17-18-15(12)14-6-3-7-19-14/h3,6-7,10-11,13,16H,2,4-5,8-9H2,1H3,(H,17,18). The molecule has 0 amide bonds. The second-order valence-electron chi connectivity index (χ2n) is 5.60. The molecule has 1 fully saturated rings. The third-order valence-corrected chi connectivity index (χ3v) is 4.89. The van der Waals surface area contributed by atoms with Crippen molar-refractivity contribution in [2.75, 3.05) is 0 Å². The fourth-order valence-electron chi connectivity index (χ4n) is 2.95. The van der Waals surface area contributed by atoms with Gasteiger partial charge in [0.25, 0.3) is 0 Å². The van der Waals surface area contributed by atoms with Crippen molar-refractivity contribution in [1.82, 2.24) is 15.5 Å². The van der Waals surface area contributed by atoms with Crippen molar-refractivity contribution in [3.63, 3.8) is 0 Å². The van der Waals surface area contributed by atoms with Gasteiger partial charge in [0.2, 0.25) is 0 Å². The molecule has 1 aliphatic carbocycles. The van der Waals surface area contributed by atoms with Crippen LogP contribution in [-0.2, 0) is 6.54 Å². The normalized spacial score (nSPS) is 23.6. The zero-order valence-electron chi connectivity index (χ0n) is 11.4. The van der Waals surface area contributed by atoms with Crippen molar-refractivity contribution in [2.45, 2.75) is 45.2 Å². The number of H-pyrrole nitrogens is 1. The molecule has 0 radical (unpaired) electrons. The topological polar surface area (TPSA) is 40.7 Å². The van der Waals surface area contributed by atoms with Gasteiger partial charge in [-0.25, -0.2) is 0 Å². The van der Waals surface area contributed by atoms with E-state index in [-0.39, 0.29) is 0 Å². The highest BCUT2D eigenvalue weighted by molar-refractivity contribution is 7.13. The van der Waals surface area contributed by atoms with E-state index in [1.165, 1.54) is 41.8 Å². The van der Waals surface area contributed by atoms with E-state index >= 15 is 0 Å². The maximum Gasteiger partial charge on any atom is 0.0794 e. The van der Waals surface area contributed by atoms with Gasteiger partial charge in [0.15, 0.2) is 0 Å². The number of nitrogens with zero attached hydrogens (tertiary/aromatic N) is 1. The lowest BCUT2D eigenvalue weighted by molar-refractivity contribution is 0.300. The van der Waals surface area contributed by atoms with Crippen molar-refractivity contribution in [3.8, 4) is 10.6 Å². The Labute approximate surface area is 118 Å². The summed E-state index contributed by atoms with van der Waals surface area (Å²) >= 11 is 1.76. The Morgan fingerprint density at radius 2 is 2.42 bits per heavy atom. The monoisotopic (exact) mass is 275 g/mol. The van der Waals surface area contributed by atoms with Gasteiger partial charge in [0.1, 0.15) is 0 Å². The Kier molecular flexibility index (Phi) is 3.99. The van der Waals surface area contributed by atoms with Gasteiger partial charge in [0, 0.05) is 18.2 Å². The van der Waals surface area contributed by atoms with E-state index in [1.54, 1.807) is 11.3 Å². The molecule has 4 heteroatoms. The summed E-state index contributed by atoms with van der Waals surface area (Å²) in [6.45, 7) is 3.28. The molecule has 19 heavy (non-hydrogen) atoms. The first-order chi connectivity index (χ1) is 9.33. The van der Waals surface area contributed by atoms with E-state index in [0.717, 1.165) is 12.5 Å². The Morgan fingerprint density at radius 3 is 3.21 bits per heavy atom. The van der Waals surface area contributed by atoms with Crippen LogP contribution < -0.4 is 5.32 Å². The lowest BCUT2D eigenvalue weighted by Gasteiger charge is -2.27. The maximum absolute atomic E-state index is 4.20. The molecule has 0 aliphatic heterocycles. The lowest BCUT2D eigenvalue weighted by atomic mass is 9.87. The molecule has 0 spiro atoms. The van der Waals surface area contributed by atoms with E-state index in [2.05, 4.69) is 40.0 Å². The van der Waals surface area contributed by atoms with Gasteiger partial charge in [0.05, 0.1) is 16.8 Å². The number of nitrogens with one attached hydrogen (secondary N) is 2. The summed E-state index contributed by atoms with van der Waals surface area (Å²) in [5.41, 5.74) is 2.45. The van der Waals surface area contributed by atoms with Gasteiger partial charge in [-0.2, -0.15) is 5.10 Å². The lowest BCUT2D eigenvalue weighted by Crippen LogP contribution is -2.33. The quantitative estimate of drug-likeness (QED) is 0.891. The first kappa shape index (κ1) is 12.9. The molecule has 2 aromatic heterocycles. The zero-order chi connectivity index (χ0) is 13.1. The number of hydrogen-bond donors (Lipinski definition) is 2. The third-order valence-electron chi connectivity index (χ3n) is 4.00. The predicted molar refractivity (Wildman–Crippen MR) is 80.2 cm³/mol. The summed E-state index contributed by atoms with van der Waals surface area (Å²) in [6, 6.07) is 4.90. The third kappa shape index (κ3) is 3.07. The summed E-state index contributed by atoms with van der Waals surface area (Å²) in [5, 5.41) is 13.1. The van der Waals surface area contributed by atoms with Crippen LogP contribution in [0.4, 0.5) is 0 Å². The SMILES string of the molecule is CC1CCCC(NCc2cn[nH]c2-c2cccs2)C1. The second kappa shape index (κ2) is 5.88. The van der Waals surface area contributed by atoms with Crippen molar-refractivity contribution >= 4 is 11.3 Å². The van der Waals surface area contributed by atoms with Crippen molar-refractivity contribution < 1.29 is 0 Å². The van der Waals surface area contributed by atoms with Gasteiger partial charge >= 0.3 is 0 Å². The van der Waals surface area contributed by atoms with Crippen molar-refractivity contribution in [3.05, 3.63) is 29.3 Å². The summed E-state index contributed by atoms with van der Waals surface area (Å²) < 4.78 is 0. The average Bonchev–Trinajstić information content (AvgIpc) is 3.07. The average molecular weight is 275 g/mol. The molecule has 0 aromatic carbocycles. The Balaban J connectivity index is 1.63. The zero-order valence-corrected chi connectivity index (χ0v) is 12.2. The van der Waals surface area contributed by atoms with Crippen LogP contribution in [-0.4, -0.2) is 16.2 Å². The van der Waals surface area contributed by atoms with Crippen LogP contribution >= 0.6 is 11.3 Å². The van der Waals surface area contributed by atoms with E-state index in [9.17, 15) is 0 Å². The smallest absolute Gasteiger partial charge is 0.0794 e. The van der Waals surface area contributed by atoms with Crippen LogP contribution in [0.15, 0.2) is 23.7 Å². The summed E-state index contributed by atoms with van der Waals surface area (Å²) in [4.78, 5) is 1.27. The number of rotatable bonds is 4. The molecule has 1 aliphatic rings. The van der Waals surface area contributed by atoms with Crippen LogP contribution in [0.25, 0.3) is 10.6 Å². The molecule has 0 saturated heterocycles. The Hall–Kier alpha value is -1.13. The van der Waals surface area contributed by atoms with Crippen LogP contribution in [0.1, 0.15) is 38.2 Å². The minimum atomic E-state index is 0.676. The first-order valence-electron chi connectivity index (χ1n) is 7.12. The number of aromatic nitrogens is 2. The van der Waals surface area contributed by atoms with Gasteiger partial charge in [-0.05, 0) is 30.2 Å². The molecule has 3 rings (SSSR count). The molecule has 2 N–H and O–H groups in total. The second-order valence-corrected chi connectivity index (χ2v) is 6.54. The van der Waals surface area contributed by atoms with Gasteiger partial charge < -0.3 is 5.32 Å². The molecule has 102 valence electrons. The Morgan fingerprint density at radius 1 is 1.47 bits per heavy atom. The first-order valence-corrected chi connectivity index (χ1v) is 8.00. The maximum atomic E-state index is 4.20. The molecule has 2 atom stereocenters. The van der Waals surface area contributed by atoms with Crippen molar-refractivity contribution in [2.24, 2.45) is 5.92 Å². The molecular formula is C15H21N3S. The molecule has 3 nitrogen and oxygen atoms in total. The summed E-state index contributed by atoms with van der Waals surface area (Å²) in [6.07, 6.45) is 7.34. The van der Waals surface area contributed by atoms with Crippen LogP contribution in [0.5, 0.6) is 0 Å². The van der Waals surface area contributed by atoms with E-state index < -0.39 is 0 Å².